The van der Waals surface area contributed by atoms with E-state index in [4.69, 9.17) is 9.47 Å². The van der Waals surface area contributed by atoms with Gasteiger partial charge in [-0.3, -0.25) is 4.57 Å². The van der Waals surface area contributed by atoms with Gasteiger partial charge in [0.1, 0.15) is 12.8 Å². The van der Waals surface area contributed by atoms with E-state index in [0.717, 1.165) is 12.0 Å². The van der Waals surface area contributed by atoms with Crippen LogP contribution in [0.2, 0.25) is 0 Å². The van der Waals surface area contributed by atoms with E-state index in [9.17, 15) is 9.50 Å². The molecule has 1 aliphatic rings. The Bertz CT molecular complexity index is 871. The summed E-state index contributed by atoms with van der Waals surface area (Å²) in [6.45, 7) is 0.212. The van der Waals surface area contributed by atoms with Crippen LogP contribution in [-0.4, -0.2) is 37.3 Å². The number of hydrogen-bond acceptors (Lipinski definition) is 6. The smallest absolute Gasteiger partial charge is 0.314 e. The zero-order chi connectivity index (χ0) is 17.2. The van der Waals surface area contributed by atoms with Crippen molar-refractivity contribution in [3.05, 3.63) is 48.3 Å². The summed E-state index contributed by atoms with van der Waals surface area (Å²) in [5, 5.41) is 9.21. The van der Waals surface area contributed by atoms with Crippen molar-refractivity contribution in [3.8, 4) is 5.88 Å². The Hall–Kier alpha value is -2.58. The van der Waals surface area contributed by atoms with Crippen molar-refractivity contribution in [3.63, 3.8) is 0 Å². The minimum absolute atomic E-state index is 0.0437. The predicted octanol–water partition coefficient (Wildman–Crippen LogP) is 2.21. The van der Waals surface area contributed by atoms with Gasteiger partial charge < -0.3 is 14.6 Å². The van der Waals surface area contributed by atoms with Crippen molar-refractivity contribution in [1.82, 2.24) is 19.5 Å². The Morgan fingerprint density at radius 3 is 2.84 bits per heavy atom. The van der Waals surface area contributed by atoms with Crippen LogP contribution >= 0.6 is 0 Å². The first-order valence-corrected chi connectivity index (χ1v) is 8.07. The molecule has 4 rings (SSSR count). The normalized spacial score (nSPS) is 20.2. The summed E-state index contributed by atoms with van der Waals surface area (Å²) in [5.74, 6) is 0.0989. The van der Waals surface area contributed by atoms with E-state index in [1.165, 1.54) is 0 Å². The second-order valence-corrected chi connectivity index (χ2v) is 5.87. The summed E-state index contributed by atoms with van der Waals surface area (Å²) in [7, 11) is 0. The van der Waals surface area contributed by atoms with Crippen molar-refractivity contribution in [2.24, 2.45) is 0 Å². The van der Waals surface area contributed by atoms with E-state index < -0.39 is 6.08 Å². The molecule has 130 valence electrons. The number of hydrogen-bond donors (Lipinski definition) is 1. The van der Waals surface area contributed by atoms with Crippen molar-refractivity contribution in [2.75, 3.05) is 6.61 Å². The average Bonchev–Trinajstić information content (AvgIpc) is 3.26. The molecule has 1 aliphatic heterocycles. The minimum atomic E-state index is -0.881. The Labute approximate surface area is 143 Å². The van der Waals surface area contributed by atoms with Gasteiger partial charge in [0.05, 0.1) is 19.0 Å². The highest BCUT2D eigenvalue weighted by Crippen LogP contribution is 2.31. The molecular formula is C17H17FN4O3. The summed E-state index contributed by atoms with van der Waals surface area (Å²) < 4.78 is 26.9. The van der Waals surface area contributed by atoms with Gasteiger partial charge in [0, 0.05) is 0 Å². The van der Waals surface area contributed by atoms with E-state index in [1.54, 1.807) is 10.9 Å². The number of aliphatic hydroxyl groups is 1. The van der Waals surface area contributed by atoms with Gasteiger partial charge in [0.15, 0.2) is 11.2 Å². The van der Waals surface area contributed by atoms with Gasteiger partial charge >= 0.3 is 6.08 Å². The molecule has 0 unspecified atom stereocenters. The highest BCUT2D eigenvalue weighted by atomic mass is 19.1. The molecule has 1 saturated heterocycles. The molecular weight excluding hydrogens is 327 g/mol. The second-order valence-electron chi connectivity index (χ2n) is 5.87. The minimum Gasteiger partial charge on any atom is -0.471 e. The van der Waals surface area contributed by atoms with Crippen molar-refractivity contribution >= 4 is 11.2 Å². The SMILES string of the molecule is OC[C@@H]1CC[C@H](n2cnc3c(OCc4ccccc4)nc(F)nc32)O1. The number of ether oxygens (including phenoxy) is 2. The van der Waals surface area contributed by atoms with Crippen LogP contribution in [0.15, 0.2) is 36.7 Å². The first kappa shape index (κ1) is 15.9. The fourth-order valence-electron chi connectivity index (χ4n) is 2.93. The molecule has 8 heteroatoms. The zero-order valence-corrected chi connectivity index (χ0v) is 13.4. The van der Waals surface area contributed by atoms with Crippen molar-refractivity contribution in [2.45, 2.75) is 31.8 Å². The third-order valence-corrected chi connectivity index (χ3v) is 4.18. The molecule has 7 nitrogen and oxygen atoms in total. The number of aromatic nitrogens is 4. The topological polar surface area (TPSA) is 82.3 Å². The Balaban J connectivity index is 1.62. The number of aliphatic hydroxyl groups excluding tert-OH is 1. The number of halogens is 1. The van der Waals surface area contributed by atoms with Gasteiger partial charge in [0.25, 0.3) is 0 Å². The molecule has 1 aromatic carbocycles. The Morgan fingerprint density at radius 1 is 1.24 bits per heavy atom. The van der Waals surface area contributed by atoms with Crippen LogP contribution in [0.4, 0.5) is 4.39 Å². The highest BCUT2D eigenvalue weighted by Gasteiger charge is 2.28. The predicted molar refractivity (Wildman–Crippen MR) is 86.3 cm³/mol. The molecule has 0 saturated carbocycles. The maximum atomic E-state index is 13.9. The Morgan fingerprint density at radius 2 is 2.08 bits per heavy atom. The number of rotatable bonds is 5. The van der Waals surface area contributed by atoms with E-state index in [-0.39, 0.29) is 31.4 Å². The fraction of sp³-hybridized carbons (Fsp3) is 0.353. The van der Waals surface area contributed by atoms with Crippen LogP contribution in [0.25, 0.3) is 11.2 Å². The monoisotopic (exact) mass is 344 g/mol. The van der Waals surface area contributed by atoms with Crippen LogP contribution in [0.5, 0.6) is 5.88 Å². The molecule has 0 spiro atoms. The summed E-state index contributed by atoms with van der Waals surface area (Å²) in [6.07, 6.45) is 1.53. The van der Waals surface area contributed by atoms with Gasteiger partial charge in [-0.05, 0) is 18.4 Å². The van der Waals surface area contributed by atoms with E-state index >= 15 is 0 Å². The lowest BCUT2D eigenvalue weighted by atomic mass is 10.2. The van der Waals surface area contributed by atoms with Crippen molar-refractivity contribution in [1.29, 1.82) is 0 Å². The van der Waals surface area contributed by atoms with E-state index in [0.29, 0.717) is 17.6 Å². The van der Waals surface area contributed by atoms with Gasteiger partial charge in [-0.25, -0.2) is 4.98 Å². The number of nitrogens with zero attached hydrogens (tertiary/aromatic N) is 4. The first-order valence-electron chi connectivity index (χ1n) is 8.07. The van der Waals surface area contributed by atoms with Crippen LogP contribution in [0, 0.1) is 6.08 Å². The van der Waals surface area contributed by atoms with Gasteiger partial charge in [-0.15, -0.1) is 0 Å². The zero-order valence-electron chi connectivity index (χ0n) is 13.4. The van der Waals surface area contributed by atoms with Crippen LogP contribution < -0.4 is 4.74 Å². The Kier molecular flexibility index (Phi) is 4.29. The second kappa shape index (κ2) is 6.73. The van der Waals surface area contributed by atoms with Crippen LogP contribution in [0.3, 0.4) is 0 Å². The summed E-state index contributed by atoms with van der Waals surface area (Å²) in [5.41, 5.74) is 1.64. The molecule has 25 heavy (non-hydrogen) atoms. The summed E-state index contributed by atoms with van der Waals surface area (Å²) in [4.78, 5) is 11.8. The molecule has 3 heterocycles. The largest absolute Gasteiger partial charge is 0.471 e. The van der Waals surface area contributed by atoms with Gasteiger partial charge in [-0.2, -0.15) is 14.4 Å². The molecule has 0 radical (unpaired) electrons. The number of fused-ring (bicyclic) bond motifs is 1. The fourth-order valence-corrected chi connectivity index (χ4v) is 2.93. The molecule has 1 fully saturated rings. The lowest BCUT2D eigenvalue weighted by Gasteiger charge is -2.14. The summed E-state index contributed by atoms with van der Waals surface area (Å²) >= 11 is 0. The summed E-state index contributed by atoms with van der Waals surface area (Å²) in [6, 6.07) is 9.54. The van der Waals surface area contributed by atoms with Crippen LogP contribution in [0.1, 0.15) is 24.6 Å². The van der Waals surface area contributed by atoms with Crippen LogP contribution in [-0.2, 0) is 11.3 Å². The maximum Gasteiger partial charge on any atom is 0.314 e. The number of imidazole rings is 1. The maximum absolute atomic E-state index is 13.9. The van der Waals surface area contributed by atoms with Crippen molar-refractivity contribution < 1.29 is 19.0 Å². The molecule has 3 aromatic rings. The number of benzene rings is 1. The van der Waals surface area contributed by atoms with E-state index in [2.05, 4.69) is 15.0 Å². The lowest BCUT2D eigenvalue weighted by Crippen LogP contribution is -2.14. The average molecular weight is 344 g/mol. The highest BCUT2D eigenvalue weighted by molar-refractivity contribution is 5.76. The van der Waals surface area contributed by atoms with E-state index in [1.807, 2.05) is 30.3 Å². The van der Waals surface area contributed by atoms with Gasteiger partial charge in [0.2, 0.25) is 5.88 Å². The van der Waals surface area contributed by atoms with Gasteiger partial charge in [-0.1, -0.05) is 30.3 Å². The molecule has 0 amide bonds. The standard InChI is InChI=1S/C17H17FN4O3/c18-17-20-15-14(16(21-17)24-9-11-4-2-1-3-5-11)19-10-22(15)13-7-6-12(8-23)25-13/h1-5,10,12-13,23H,6-9H2/t12-,13+/m0/s1. The molecule has 2 aromatic heterocycles. The molecule has 0 bridgehead atoms. The quantitative estimate of drug-likeness (QED) is 0.715. The first-order chi connectivity index (χ1) is 12.2. The lowest BCUT2D eigenvalue weighted by molar-refractivity contribution is -0.0207. The molecule has 1 N–H and O–H groups in total. The molecule has 0 aliphatic carbocycles. The third kappa shape index (κ3) is 3.18. The third-order valence-electron chi connectivity index (χ3n) is 4.18. The molecule has 2 atom stereocenters.